The van der Waals surface area contributed by atoms with E-state index in [1.807, 2.05) is 24.3 Å². The van der Waals surface area contributed by atoms with E-state index in [1.54, 1.807) is 14.2 Å². The first-order valence-electron chi connectivity index (χ1n) is 8.52. The van der Waals surface area contributed by atoms with Crippen LogP contribution in [0.25, 0.3) is 0 Å². The maximum Gasteiger partial charge on any atom is 0.226 e. The van der Waals surface area contributed by atoms with Crippen molar-refractivity contribution in [2.24, 2.45) is 4.99 Å². The molecule has 0 unspecified atom stereocenters. The zero-order valence-corrected chi connectivity index (χ0v) is 18.1. The predicted molar refractivity (Wildman–Crippen MR) is 113 cm³/mol. The second kappa shape index (κ2) is 11.7. The number of guanidine groups is 1. The van der Waals surface area contributed by atoms with E-state index < -0.39 is 0 Å². The molecule has 1 heterocycles. The Balaban J connectivity index is 0.00000338. The van der Waals surface area contributed by atoms with E-state index in [9.17, 15) is 0 Å². The van der Waals surface area contributed by atoms with Crippen molar-refractivity contribution in [3.05, 3.63) is 41.5 Å². The zero-order chi connectivity index (χ0) is 18.1. The lowest BCUT2D eigenvalue weighted by atomic mass is 10.2. The Morgan fingerprint density at radius 1 is 1.23 bits per heavy atom. The van der Waals surface area contributed by atoms with Gasteiger partial charge in [-0.3, -0.25) is 4.99 Å². The maximum absolute atomic E-state index is 5.24. The Labute approximate surface area is 172 Å². The number of methoxy groups -OCH3 is 1. The minimum absolute atomic E-state index is 0. The third-order valence-corrected chi connectivity index (χ3v) is 3.70. The summed E-state index contributed by atoms with van der Waals surface area (Å²) in [5.74, 6) is 3.36. The van der Waals surface area contributed by atoms with E-state index in [2.05, 4.69) is 39.6 Å². The molecular weight excluding hydrogens is 445 g/mol. The largest absolute Gasteiger partial charge is 0.497 e. The zero-order valence-electron chi connectivity index (χ0n) is 15.8. The smallest absolute Gasteiger partial charge is 0.226 e. The molecule has 26 heavy (non-hydrogen) atoms. The van der Waals surface area contributed by atoms with E-state index in [4.69, 9.17) is 9.26 Å². The van der Waals surface area contributed by atoms with Gasteiger partial charge in [0.15, 0.2) is 11.8 Å². The third kappa shape index (κ3) is 7.19. The molecule has 144 valence electrons. The van der Waals surface area contributed by atoms with Crippen molar-refractivity contribution in [3.8, 4) is 5.75 Å². The molecule has 0 bridgehead atoms. The predicted octanol–water partition coefficient (Wildman–Crippen LogP) is 3.12. The van der Waals surface area contributed by atoms with Crippen LogP contribution in [0.1, 0.15) is 43.5 Å². The molecule has 8 heteroatoms. The van der Waals surface area contributed by atoms with E-state index in [1.165, 1.54) is 0 Å². The lowest BCUT2D eigenvalue weighted by Gasteiger charge is -2.11. The van der Waals surface area contributed by atoms with Crippen molar-refractivity contribution in [1.29, 1.82) is 0 Å². The van der Waals surface area contributed by atoms with Crippen LogP contribution in [-0.2, 0) is 13.0 Å². The second-order valence-electron chi connectivity index (χ2n) is 6.01. The van der Waals surface area contributed by atoms with Crippen LogP contribution < -0.4 is 15.4 Å². The molecule has 2 N–H and O–H groups in total. The standard InChI is InChI=1S/C18H27N5O2.HI/c1-13(2)17-22-16(25-23-17)6-5-11-20-18(19-3)21-12-14-7-9-15(24-4)10-8-14;/h7-10,13H,5-6,11-12H2,1-4H3,(H2,19,20,21);1H. The number of ether oxygens (including phenoxy) is 1. The van der Waals surface area contributed by atoms with Crippen molar-refractivity contribution in [2.75, 3.05) is 20.7 Å². The number of aryl methyl sites for hydroxylation is 1. The summed E-state index contributed by atoms with van der Waals surface area (Å²) in [5, 5.41) is 10.5. The molecule has 2 aromatic rings. The highest BCUT2D eigenvalue weighted by atomic mass is 127. The average Bonchev–Trinajstić information content (AvgIpc) is 3.11. The van der Waals surface area contributed by atoms with Gasteiger partial charge in [-0.15, -0.1) is 24.0 Å². The van der Waals surface area contributed by atoms with Crippen LogP contribution in [0.5, 0.6) is 5.75 Å². The summed E-state index contributed by atoms with van der Waals surface area (Å²) >= 11 is 0. The van der Waals surface area contributed by atoms with Gasteiger partial charge in [0.1, 0.15) is 5.75 Å². The molecule has 2 rings (SSSR count). The van der Waals surface area contributed by atoms with Gasteiger partial charge in [0.2, 0.25) is 5.89 Å². The molecule has 1 aromatic heterocycles. The quantitative estimate of drug-likeness (QED) is 0.265. The Bertz CT molecular complexity index is 670. The molecule has 7 nitrogen and oxygen atoms in total. The maximum atomic E-state index is 5.24. The number of hydrogen-bond acceptors (Lipinski definition) is 5. The SMILES string of the molecule is CN=C(NCCCc1nc(C(C)C)no1)NCc1ccc(OC)cc1.I. The lowest BCUT2D eigenvalue weighted by molar-refractivity contribution is 0.368. The molecule has 0 radical (unpaired) electrons. The summed E-state index contributed by atoms with van der Waals surface area (Å²) in [6, 6.07) is 7.95. The van der Waals surface area contributed by atoms with E-state index in [-0.39, 0.29) is 29.9 Å². The monoisotopic (exact) mass is 473 g/mol. The van der Waals surface area contributed by atoms with E-state index in [0.717, 1.165) is 42.5 Å². The molecule has 0 saturated carbocycles. The van der Waals surface area contributed by atoms with Crippen LogP contribution in [0.4, 0.5) is 0 Å². The van der Waals surface area contributed by atoms with Crippen molar-refractivity contribution in [3.63, 3.8) is 0 Å². The van der Waals surface area contributed by atoms with Gasteiger partial charge in [-0.25, -0.2) is 0 Å². The number of aliphatic imine (C=N–C) groups is 1. The van der Waals surface area contributed by atoms with Crippen LogP contribution >= 0.6 is 24.0 Å². The Hall–Kier alpha value is -1.84. The first-order valence-corrected chi connectivity index (χ1v) is 8.52. The summed E-state index contributed by atoms with van der Waals surface area (Å²) in [6.07, 6.45) is 1.64. The van der Waals surface area contributed by atoms with Gasteiger partial charge in [-0.2, -0.15) is 4.98 Å². The average molecular weight is 473 g/mol. The van der Waals surface area contributed by atoms with E-state index in [0.29, 0.717) is 12.4 Å². The Morgan fingerprint density at radius 3 is 2.54 bits per heavy atom. The van der Waals surface area contributed by atoms with Gasteiger partial charge in [0, 0.05) is 32.5 Å². The number of halogens is 1. The topological polar surface area (TPSA) is 84.6 Å². The van der Waals surface area contributed by atoms with Gasteiger partial charge in [0.05, 0.1) is 7.11 Å². The second-order valence-corrected chi connectivity index (χ2v) is 6.01. The number of rotatable bonds is 8. The van der Waals surface area contributed by atoms with E-state index >= 15 is 0 Å². The van der Waals surface area contributed by atoms with Crippen molar-refractivity contribution in [2.45, 2.75) is 39.2 Å². The summed E-state index contributed by atoms with van der Waals surface area (Å²) in [6.45, 7) is 5.58. The number of nitrogens with zero attached hydrogens (tertiary/aromatic N) is 3. The first-order chi connectivity index (χ1) is 12.1. The number of nitrogens with one attached hydrogen (secondary N) is 2. The number of hydrogen-bond donors (Lipinski definition) is 2. The van der Waals surface area contributed by atoms with Gasteiger partial charge in [0.25, 0.3) is 0 Å². The fraction of sp³-hybridized carbons (Fsp3) is 0.500. The normalized spacial score (nSPS) is 11.2. The molecule has 0 aliphatic heterocycles. The number of benzene rings is 1. The number of aromatic nitrogens is 2. The fourth-order valence-electron chi connectivity index (χ4n) is 2.20. The van der Waals surface area contributed by atoms with Gasteiger partial charge >= 0.3 is 0 Å². The molecule has 0 saturated heterocycles. The van der Waals surface area contributed by atoms with Gasteiger partial charge in [-0.05, 0) is 24.1 Å². The highest BCUT2D eigenvalue weighted by Gasteiger charge is 2.09. The molecule has 1 aromatic carbocycles. The van der Waals surface area contributed by atoms with Crippen LogP contribution in [-0.4, -0.2) is 36.8 Å². The van der Waals surface area contributed by atoms with Crippen LogP contribution in [0.15, 0.2) is 33.8 Å². The van der Waals surface area contributed by atoms with Crippen molar-refractivity contribution in [1.82, 2.24) is 20.8 Å². The highest BCUT2D eigenvalue weighted by Crippen LogP contribution is 2.11. The first kappa shape index (κ1) is 22.2. The molecule has 0 amide bonds. The van der Waals surface area contributed by atoms with Gasteiger partial charge in [-0.1, -0.05) is 31.1 Å². The molecule has 0 spiro atoms. The van der Waals surface area contributed by atoms with Crippen molar-refractivity contribution >= 4 is 29.9 Å². The van der Waals surface area contributed by atoms with Crippen LogP contribution in [0.3, 0.4) is 0 Å². The fourth-order valence-corrected chi connectivity index (χ4v) is 2.20. The minimum Gasteiger partial charge on any atom is -0.497 e. The molecule has 0 atom stereocenters. The molecule has 0 aliphatic carbocycles. The molecule has 0 fully saturated rings. The minimum atomic E-state index is 0. The molecular formula is C18H28IN5O2. The summed E-state index contributed by atoms with van der Waals surface area (Å²) in [7, 11) is 3.42. The lowest BCUT2D eigenvalue weighted by Crippen LogP contribution is -2.37. The highest BCUT2D eigenvalue weighted by molar-refractivity contribution is 14.0. The van der Waals surface area contributed by atoms with Crippen LogP contribution in [0.2, 0.25) is 0 Å². The third-order valence-electron chi connectivity index (χ3n) is 3.70. The summed E-state index contributed by atoms with van der Waals surface area (Å²) < 4.78 is 10.4. The Morgan fingerprint density at radius 2 is 1.96 bits per heavy atom. The summed E-state index contributed by atoms with van der Waals surface area (Å²) in [5.41, 5.74) is 1.16. The Kier molecular flexibility index (Phi) is 10.0. The van der Waals surface area contributed by atoms with Gasteiger partial charge < -0.3 is 19.9 Å². The summed E-state index contributed by atoms with van der Waals surface area (Å²) in [4.78, 5) is 8.60. The van der Waals surface area contributed by atoms with Crippen molar-refractivity contribution < 1.29 is 9.26 Å². The molecule has 0 aliphatic rings. The van der Waals surface area contributed by atoms with Crippen LogP contribution in [0, 0.1) is 0 Å².